The third-order valence-electron chi connectivity index (χ3n) is 3.25. The number of nitrogens with zero attached hydrogens (tertiary/aromatic N) is 3. The molecule has 1 atom stereocenters. The van der Waals surface area contributed by atoms with Crippen LogP contribution in [0.5, 0.6) is 0 Å². The molecule has 1 aromatic heterocycles. The summed E-state index contributed by atoms with van der Waals surface area (Å²) in [5.74, 6) is 1.23. The van der Waals surface area contributed by atoms with Crippen molar-refractivity contribution in [2.75, 3.05) is 7.05 Å². The fourth-order valence-corrected chi connectivity index (χ4v) is 1.81. The number of rotatable bonds is 3. The van der Waals surface area contributed by atoms with Gasteiger partial charge in [-0.3, -0.25) is 4.79 Å². The minimum absolute atomic E-state index is 0.0156. The molecule has 0 spiro atoms. The summed E-state index contributed by atoms with van der Waals surface area (Å²) in [4.78, 5) is 17.9. The van der Waals surface area contributed by atoms with Gasteiger partial charge in [0.15, 0.2) is 5.82 Å². The highest BCUT2D eigenvalue weighted by Gasteiger charge is 2.33. The van der Waals surface area contributed by atoms with E-state index in [1.54, 1.807) is 21.9 Å². The molecule has 0 unspecified atom stereocenters. The summed E-state index contributed by atoms with van der Waals surface area (Å²) < 4.78 is 1.76. The van der Waals surface area contributed by atoms with Gasteiger partial charge >= 0.3 is 0 Å². The first kappa shape index (κ1) is 10.2. The van der Waals surface area contributed by atoms with Crippen LogP contribution in [0.15, 0.2) is 12.4 Å². The monoisotopic (exact) mass is 207 g/mol. The van der Waals surface area contributed by atoms with Gasteiger partial charge in [0.05, 0.1) is 0 Å². The fraction of sp³-hybridized carbons (Fsp3) is 0.636. The van der Waals surface area contributed by atoms with Gasteiger partial charge in [0, 0.05) is 32.5 Å². The molecule has 82 valence electrons. The maximum atomic E-state index is 12.0. The van der Waals surface area contributed by atoms with E-state index in [2.05, 4.69) is 11.9 Å². The lowest BCUT2D eigenvalue weighted by Gasteiger charge is -2.24. The van der Waals surface area contributed by atoms with E-state index < -0.39 is 0 Å². The molecule has 0 saturated heterocycles. The van der Waals surface area contributed by atoms with Crippen molar-refractivity contribution in [2.45, 2.75) is 25.8 Å². The molecule has 1 saturated carbocycles. The molecule has 1 aliphatic rings. The molecule has 1 fully saturated rings. The highest BCUT2D eigenvalue weighted by atomic mass is 16.2. The minimum Gasteiger partial charge on any atom is -0.336 e. The molecule has 15 heavy (non-hydrogen) atoms. The summed E-state index contributed by atoms with van der Waals surface area (Å²) in [6, 6.07) is 0.328. The van der Waals surface area contributed by atoms with E-state index in [0.717, 1.165) is 0 Å². The zero-order chi connectivity index (χ0) is 11.0. The smallest absolute Gasteiger partial charge is 0.289 e. The van der Waals surface area contributed by atoms with Crippen LogP contribution in [0, 0.1) is 5.92 Å². The van der Waals surface area contributed by atoms with Gasteiger partial charge in [-0.15, -0.1) is 0 Å². The van der Waals surface area contributed by atoms with Crippen molar-refractivity contribution in [3.8, 4) is 0 Å². The molecular formula is C11H17N3O. The average Bonchev–Trinajstić information content (AvgIpc) is 2.98. The van der Waals surface area contributed by atoms with Gasteiger partial charge in [-0.2, -0.15) is 0 Å². The molecule has 4 heteroatoms. The number of aryl methyl sites for hydroxylation is 1. The predicted molar refractivity (Wildman–Crippen MR) is 57.5 cm³/mol. The summed E-state index contributed by atoms with van der Waals surface area (Å²) in [6.07, 6.45) is 5.95. The van der Waals surface area contributed by atoms with Crippen LogP contribution in [-0.4, -0.2) is 33.4 Å². The number of hydrogen-bond donors (Lipinski definition) is 0. The van der Waals surface area contributed by atoms with Gasteiger partial charge in [-0.25, -0.2) is 4.98 Å². The third kappa shape index (κ3) is 1.89. The highest BCUT2D eigenvalue weighted by molar-refractivity contribution is 5.90. The fourth-order valence-electron chi connectivity index (χ4n) is 1.81. The number of imidazole rings is 1. The lowest BCUT2D eigenvalue weighted by Crippen LogP contribution is -2.37. The molecule has 0 N–H and O–H groups in total. The summed E-state index contributed by atoms with van der Waals surface area (Å²) in [6.45, 7) is 2.11. The van der Waals surface area contributed by atoms with E-state index in [0.29, 0.717) is 17.8 Å². The molecule has 1 heterocycles. The Hall–Kier alpha value is -1.32. The molecular weight excluding hydrogens is 190 g/mol. The molecule has 1 aliphatic carbocycles. The Balaban J connectivity index is 2.10. The molecule has 0 aromatic carbocycles. The molecule has 1 aromatic rings. The van der Waals surface area contributed by atoms with E-state index in [-0.39, 0.29) is 5.91 Å². The molecule has 2 rings (SSSR count). The van der Waals surface area contributed by atoms with Crippen molar-refractivity contribution in [3.05, 3.63) is 18.2 Å². The highest BCUT2D eigenvalue weighted by Crippen LogP contribution is 2.34. The van der Waals surface area contributed by atoms with E-state index >= 15 is 0 Å². The van der Waals surface area contributed by atoms with Gasteiger partial charge in [0.25, 0.3) is 5.91 Å². The van der Waals surface area contributed by atoms with E-state index in [1.165, 1.54) is 12.8 Å². The Labute approximate surface area is 89.9 Å². The summed E-state index contributed by atoms with van der Waals surface area (Å²) in [5.41, 5.74) is 0. The molecule has 0 aliphatic heterocycles. The van der Waals surface area contributed by atoms with E-state index in [4.69, 9.17) is 0 Å². The number of carbonyl (C=O) groups is 1. The Morgan fingerprint density at radius 3 is 2.80 bits per heavy atom. The van der Waals surface area contributed by atoms with Crippen molar-refractivity contribution in [2.24, 2.45) is 13.0 Å². The van der Waals surface area contributed by atoms with Crippen LogP contribution in [-0.2, 0) is 7.05 Å². The van der Waals surface area contributed by atoms with E-state index in [9.17, 15) is 4.79 Å². The van der Waals surface area contributed by atoms with Gasteiger partial charge in [-0.05, 0) is 25.7 Å². The first-order valence-electron chi connectivity index (χ1n) is 5.35. The minimum atomic E-state index is 0.0156. The second-order valence-corrected chi connectivity index (χ2v) is 4.36. The van der Waals surface area contributed by atoms with Crippen LogP contribution < -0.4 is 0 Å². The largest absolute Gasteiger partial charge is 0.336 e. The van der Waals surface area contributed by atoms with Crippen molar-refractivity contribution in [1.29, 1.82) is 0 Å². The first-order chi connectivity index (χ1) is 7.11. The Bertz CT molecular complexity index is 368. The average molecular weight is 207 g/mol. The summed E-state index contributed by atoms with van der Waals surface area (Å²) in [5, 5.41) is 0. The number of amides is 1. The van der Waals surface area contributed by atoms with Crippen LogP contribution in [0.3, 0.4) is 0 Å². The Kier molecular flexibility index (Phi) is 2.50. The maximum Gasteiger partial charge on any atom is 0.289 e. The maximum absolute atomic E-state index is 12.0. The molecule has 1 amide bonds. The van der Waals surface area contributed by atoms with Crippen molar-refractivity contribution >= 4 is 5.91 Å². The van der Waals surface area contributed by atoms with Crippen LogP contribution in [0.2, 0.25) is 0 Å². The quantitative estimate of drug-likeness (QED) is 0.749. The van der Waals surface area contributed by atoms with Gasteiger partial charge in [0.2, 0.25) is 0 Å². The van der Waals surface area contributed by atoms with Crippen LogP contribution in [0.25, 0.3) is 0 Å². The topological polar surface area (TPSA) is 38.1 Å². The number of hydrogen-bond acceptors (Lipinski definition) is 2. The first-order valence-corrected chi connectivity index (χ1v) is 5.35. The zero-order valence-electron chi connectivity index (χ0n) is 9.47. The second kappa shape index (κ2) is 3.68. The molecule has 4 nitrogen and oxygen atoms in total. The van der Waals surface area contributed by atoms with Crippen LogP contribution in [0.4, 0.5) is 0 Å². The second-order valence-electron chi connectivity index (χ2n) is 4.36. The lowest BCUT2D eigenvalue weighted by atomic mass is 10.2. The number of carbonyl (C=O) groups excluding carboxylic acids is 1. The SMILES string of the molecule is C[C@H](C1CC1)N(C)C(=O)c1nccn1C. The predicted octanol–water partition coefficient (Wildman–Crippen LogP) is 1.29. The van der Waals surface area contributed by atoms with Crippen LogP contribution >= 0.6 is 0 Å². The van der Waals surface area contributed by atoms with Gasteiger partial charge in [0.1, 0.15) is 0 Å². The molecule has 0 radical (unpaired) electrons. The Morgan fingerprint density at radius 2 is 2.33 bits per heavy atom. The lowest BCUT2D eigenvalue weighted by molar-refractivity contribution is 0.0711. The van der Waals surface area contributed by atoms with Crippen molar-refractivity contribution in [3.63, 3.8) is 0 Å². The number of aromatic nitrogens is 2. The normalized spacial score (nSPS) is 17.5. The van der Waals surface area contributed by atoms with Crippen molar-refractivity contribution in [1.82, 2.24) is 14.5 Å². The van der Waals surface area contributed by atoms with E-state index in [1.807, 2.05) is 14.1 Å². The summed E-state index contributed by atoms with van der Waals surface area (Å²) >= 11 is 0. The van der Waals surface area contributed by atoms with Gasteiger partial charge < -0.3 is 9.47 Å². The molecule has 0 bridgehead atoms. The zero-order valence-corrected chi connectivity index (χ0v) is 9.47. The standard InChI is InChI=1S/C11H17N3O/c1-8(9-4-5-9)14(3)11(15)10-12-6-7-13(10)2/h6-9H,4-5H2,1-3H3/t8-/m1/s1. The van der Waals surface area contributed by atoms with Crippen molar-refractivity contribution < 1.29 is 4.79 Å². The van der Waals surface area contributed by atoms with Crippen LogP contribution in [0.1, 0.15) is 30.4 Å². The summed E-state index contributed by atoms with van der Waals surface area (Å²) in [7, 11) is 3.70. The third-order valence-corrected chi connectivity index (χ3v) is 3.25. The van der Waals surface area contributed by atoms with Gasteiger partial charge in [-0.1, -0.05) is 0 Å². The Morgan fingerprint density at radius 1 is 1.67 bits per heavy atom.